The molecular formula is C30H33N5O6. The molecular weight excluding hydrogens is 526 g/mol. The number of hydrogen-bond donors (Lipinski definition) is 2. The summed E-state index contributed by atoms with van der Waals surface area (Å²) in [6, 6.07) is 13.1. The number of rotatable bonds is 6. The van der Waals surface area contributed by atoms with E-state index < -0.39 is 23.3 Å². The lowest BCUT2D eigenvalue weighted by Gasteiger charge is -2.38. The highest BCUT2D eigenvalue weighted by Crippen LogP contribution is 2.25. The van der Waals surface area contributed by atoms with Crippen LogP contribution in [0.15, 0.2) is 64.3 Å². The van der Waals surface area contributed by atoms with Gasteiger partial charge in [0.25, 0.3) is 5.56 Å². The van der Waals surface area contributed by atoms with Gasteiger partial charge in [0, 0.05) is 43.6 Å². The number of nitrogens with zero attached hydrogens (tertiary/aromatic N) is 4. The first-order chi connectivity index (χ1) is 19.6. The standard InChI is InChI=1S/C30H33N5O6/c1-19(2)35-27(37)24(21-7-5-8-22(16-21)28(38)39)17-33(30(35)41)18-26(36)32-13-11-23(12-14-32)34-15-10-20-6-3-4-9-25(20)31-29(34)40/h3-9,16-17,19,23H,10-15,18H2,1-2H3,(H,31,40)(H,38,39). The monoisotopic (exact) mass is 559 g/mol. The maximum atomic E-state index is 13.3. The molecule has 0 aliphatic carbocycles. The van der Waals surface area contributed by atoms with Gasteiger partial charge < -0.3 is 20.2 Å². The third-order valence-corrected chi connectivity index (χ3v) is 7.83. The zero-order chi connectivity index (χ0) is 29.3. The fraction of sp³-hybridized carbons (Fsp3) is 0.367. The predicted molar refractivity (Wildman–Crippen MR) is 153 cm³/mol. The summed E-state index contributed by atoms with van der Waals surface area (Å²) in [6.45, 7) is 4.61. The predicted octanol–water partition coefficient (Wildman–Crippen LogP) is 3.04. The quantitative estimate of drug-likeness (QED) is 0.477. The number of carboxylic acids is 1. The number of piperidine rings is 1. The molecule has 0 saturated carbocycles. The first-order valence-electron chi connectivity index (χ1n) is 13.8. The Labute approximate surface area is 236 Å². The van der Waals surface area contributed by atoms with Crippen LogP contribution < -0.4 is 16.6 Å². The van der Waals surface area contributed by atoms with Gasteiger partial charge in [-0.05, 0) is 62.4 Å². The molecule has 3 amide bonds. The fourth-order valence-corrected chi connectivity index (χ4v) is 5.62. The number of hydrogen-bond acceptors (Lipinski definition) is 5. The molecule has 1 fully saturated rings. The number of urea groups is 1. The van der Waals surface area contributed by atoms with Gasteiger partial charge in [-0.2, -0.15) is 0 Å². The van der Waals surface area contributed by atoms with E-state index in [4.69, 9.17) is 0 Å². The van der Waals surface area contributed by atoms with Gasteiger partial charge in [0.2, 0.25) is 5.91 Å². The second kappa shape index (κ2) is 11.4. The van der Waals surface area contributed by atoms with Gasteiger partial charge in [0.05, 0.1) is 11.1 Å². The summed E-state index contributed by atoms with van der Waals surface area (Å²) < 4.78 is 2.30. The highest BCUT2D eigenvalue weighted by molar-refractivity contribution is 5.91. The molecule has 0 bridgehead atoms. The summed E-state index contributed by atoms with van der Waals surface area (Å²) >= 11 is 0. The number of carbonyl (C=O) groups is 3. The average Bonchev–Trinajstić information content (AvgIpc) is 3.12. The first kappa shape index (κ1) is 27.9. The van der Waals surface area contributed by atoms with Crippen LogP contribution in [-0.2, 0) is 17.8 Å². The smallest absolute Gasteiger partial charge is 0.335 e. The third-order valence-electron chi connectivity index (χ3n) is 7.83. The molecule has 0 spiro atoms. The van der Waals surface area contributed by atoms with Crippen molar-refractivity contribution in [2.45, 2.75) is 51.7 Å². The van der Waals surface area contributed by atoms with Crippen molar-refractivity contribution in [2.24, 2.45) is 0 Å². The molecule has 1 saturated heterocycles. The van der Waals surface area contributed by atoms with E-state index in [2.05, 4.69) is 5.32 Å². The molecule has 3 heterocycles. The molecule has 11 heteroatoms. The van der Waals surface area contributed by atoms with Crippen LogP contribution in [0.5, 0.6) is 0 Å². The van der Waals surface area contributed by atoms with Crippen molar-refractivity contribution in [1.82, 2.24) is 18.9 Å². The minimum absolute atomic E-state index is 0.00737. The van der Waals surface area contributed by atoms with E-state index in [1.165, 1.54) is 29.0 Å². The Balaban J connectivity index is 1.32. The summed E-state index contributed by atoms with van der Waals surface area (Å²) in [5.74, 6) is -1.40. The molecule has 41 heavy (non-hydrogen) atoms. The van der Waals surface area contributed by atoms with Crippen LogP contribution in [0.3, 0.4) is 0 Å². The van der Waals surface area contributed by atoms with Gasteiger partial charge in [-0.15, -0.1) is 0 Å². The average molecular weight is 560 g/mol. The number of benzene rings is 2. The second-order valence-corrected chi connectivity index (χ2v) is 10.8. The fourth-order valence-electron chi connectivity index (χ4n) is 5.62. The summed E-state index contributed by atoms with van der Waals surface area (Å²) in [4.78, 5) is 67.8. The van der Waals surface area contributed by atoms with Gasteiger partial charge in [-0.25, -0.2) is 14.4 Å². The minimum atomic E-state index is -1.13. The van der Waals surface area contributed by atoms with E-state index >= 15 is 0 Å². The van der Waals surface area contributed by atoms with E-state index in [0.29, 0.717) is 38.0 Å². The Kier molecular flexibility index (Phi) is 7.78. The number of carboxylic acid groups (broad SMARTS) is 1. The molecule has 2 aromatic carbocycles. The van der Waals surface area contributed by atoms with Crippen LogP contribution in [0.2, 0.25) is 0 Å². The molecule has 0 unspecified atom stereocenters. The lowest BCUT2D eigenvalue weighted by atomic mass is 10.0. The molecule has 11 nitrogen and oxygen atoms in total. The molecule has 0 radical (unpaired) electrons. The van der Waals surface area contributed by atoms with Crippen LogP contribution in [-0.4, -0.2) is 67.6 Å². The summed E-state index contributed by atoms with van der Waals surface area (Å²) in [5.41, 5.74) is 1.28. The minimum Gasteiger partial charge on any atom is -0.478 e. The third kappa shape index (κ3) is 5.65. The maximum absolute atomic E-state index is 13.3. The van der Waals surface area contributed by atoms with Crippen molar-refractivity contribution in [3.8, 4) is 11.1 Å². The van der Waals surface area contributed by atoms with Crippen LogP contribution in [0.25, 0.3) is 11.1 Å². The van der Waals surface area contributed by atoms with Crippen molar-refractivity contribution in [2.75, 3.05) is 25.0 Å². The molecule has 214 valence electrons. The molecule has 0 atom stereocenters. The number of anilines is 1. The van der Waals surface area contributed by atoms with Crippen molar-refractivity contribution >= 4 is 23.6 Å². The lowest BCUT2D eigenvalue weighted by Crippen LogP contribution is -2.51. The van der Waals surface area contributed by atoms with E-state index in [1.54, 1.807) is 24.8 Å². The normalized spacial score (nSPS) is 15.8. The Morgan fingerprint density at radius 2 is 1.73 bits per heavy atom. The number of para-hydroxylation sites is 1. The van der Waals surface area contributed by atoms with E-state index in [0.717, 1.165) is 22.2 Å². The number of amides is 3. The molecule has 5 rings (SSSR count). The van der Waals surface area contributed by atoms with Crippen molar-refractivity contribution in [3.63, 3.8) is 0 Å². The van der Waals surface area contributed by atoms with Gasteiger partial charge in [-0.1, -0.05) is 30.3 Å². The number of nitrogens with one attached hydrogen (secondary N) is 1. The molecule has 3 aromatic rings. The number of aromatic carboxylic acids is 1. The van der Waals surface area contributed by atoms with Gasteiger partial charge >= 0.3 is 17.7 Å². The van der Waals surface area contributed by atoms with Gasteiger partial charge in [-0.3, -0.25) is 18.7 Å². The highest BCUT2D eigenvalue weighted by atomic mass is 16.4. The molecule has 1 aromatic heterocycles. The SMILES string of the molecule is CC(C)n1c(=O)c(-c2cccc(C(=O)O)c2)cn(CC(=O)N2CCC(N3CCc4ccccc4NC3=O)CC2)c1=O. The lowest BCUT2D eigenvalue weighted by molar-refractivity contribution is -0.133. The topological polar surface area (TPSA) is 134 Å². The summed E-state index contributed by atoms with van der Waals surface area (Å²) in [7, 11) is 0. The Morgan fingerprint density at radius 3 is 2.44 bits per heavy atom. The first-order valence-corrected chi connectivity index (χ1v) is 13.8. The molecule has 2 N–H and O–H groups in total. The number of fused-ring (bicyclic) bond motifs is 1. The van der Waals surface area contributed by atoms with Crippen LogP contribution in [0.1, 0.15) is 48.7 Å². The van der Waals surface area contributed by atoms with E-state index in [9.17, 15) is 29.1 Å². The van der Waals surface area contributed by atoms with E-state index in [-0.39, 0.29) is 35.7 Å². The Hall–Kier alpha value is -4.67. The Bertz CT molecular complexity index is 1620. The van der Waals surface area contributed by atoms with Crippen LogP contribution in [0, 0.1) is 0 Å². The zero-order valence-electron chi connectivity index (χ0n) is 23.1. The second-order valence-electron chi connectivity index (χ2n) is 10.8. The molecule has 2 aliphatic rings. The van der Waals surface area contributed by atoms with Crippen molar-refractivity contribution in [1.29, 1.82) is 0 Å². The number of aromatic nitrogens is 2. The van der Waals surface area contributed by atoms with Gasteiger partial charge in [0.15, 0.2) is 0 Å². The maximum Gasteiger partial charge on any atom is 0.335 e. The summed E-state index contributed by atoms with van der Waals surface area (Å²) in [6.07, 6.45) is 3.32. The van der Waals surface area contributed by atoms with Gasteiger partial charge in [0.1, 0.15) is 6.54 Å². The summed E-state index contributed by atoms with van der Waals surface area (Å²) in [5, 5.41) is 12.4. The van der Waals surface area contributed by atoms with E-state index in [1.807, 2.05) is 29.2 Å². The number of likely N-dealkylation sites (tertiary alicyclic amines) is 1. The van der Waals surface area contributed by atoms with Crippen molar-refractivity contribution in [3.05, 3.63) is 86.7 Å². The molecule has 2 aliphatic heterocycles. The largest absolute Gasteiger partial charge is 0.478 e. The van der Waals surface area contributed by atoms with Crippen LogP contribution >= 0.6 is 0 Å². The van der Waals surface area contributed by atoms with Crippen molar-refractivity contribution < 1.29 is 19.5 Å². The highest BCUT2D eigenvalue weighted by Gasteiger charge is 2.31. The van der Waals surface area contributed by atoms with Crippen LogP contribution in [0.4, 0.5) is 10.5 Å². The zero-order valence-corrected chi connectivity index (χ0v) is 23.1. The number of carbonyl (C=O) groups excluding carboxylic acids is 2. The Morgan fingerprint density at radius 1 is 1.00 bits per heavy atom.